The SMILES string of the molecule is CN1CCC(NS(=O)(=O)c2ccc(Cl)c(C(F)(F)F)c2)CC1. The maximum absolute atomic E-state index is 12.8. The standard InChI is InChI=1S/C13H16ClF3N2O2S/c1-19-6-4-9(5-7-19)18-22(20,21)10-2-3-12(14)11(8-10)13(15,16)17/h2-3,8-9,18H,4-7H2,1H3. The van der Waals surface area contributed by atoms with E-state index in [1.165, 1.54) is 0 Å². The molecule has 124 valence electrons. The van der Waals surface area contributed by atoms with Gasteiger partial charge in [0.25, 0.3) is 0 Å². The molecule has 0 saturated carbocycles. The molecule has 0 aromatic heterocycles. The molecule has 0 atom stereocenters. The highest BCUT2D eigenvalue weighted by molar-refractivity contribution is 7.89. The molecule has 1 heterocycles. The number of rotatable bonds is 3. The maximum Gasteiger partial charge on any atom is 0.417 e. The van der Waals surface area contributed by atoms with Gasteiger partial charge in [0.1, 0.15) is 0 Å². The van der Waals surface area contributed by atoms with E-state index < -0.39 is 31.7 Å². The number of hydrogen-bond donors (Lipinski definition) is 1. The number of piperidine rings is 1. The van der Waals surface area contributed by atoms with Crippen molar-refractivity contribution >= 4 is 21.6 Å². The summed E-state index contributed by atoms with van der Waals surface area (Å²) in [5.74, 6) is 0. The maximum atomic E-state index is 12.8. The summed E-state index contributed by atoms with van der Waals surface area (Å²) in [4.78, 5) is 1.64. The first-order valence-corrected chi connectivity index (χ1v) is 8.53. The predicted octanol–water partition coefficient (Wildman–Crippen LogP) is 2.73. The summed E-state index contributed by atoms with van der Waals surface area (Å²) in [5, 5.41) is -0.522. The van der Waals surface area contributed by atoms with E-state index in [4.69, 9.17) is 11.6 Å². The van der Waals surface area contributed by atoms with Crippen molar-refractivity contribution in [2.45, 2.75) is 30.0 Å². The lowest BCUT2D eigenvalue weighted by Gasteiger charge is -2.29. The number of alkyl halides is 3. The Hall–Kier alpha value is -0.830. The Morgan fingerprint density at radius 3 is 2.41 bits per heavy atom. The van der Waals surface area contributed by atoms with Crippen LogP contribution in [-0.4, -0.2) is 39.5 Å². The number of nitrogens with one attached hydrogen (secondary N) is 1. The Balaban J connectivity index is 2.23. The molecule has 1 aliphatic heterocycles. The fourth-order valence-electron chi connectivity index (χ4n) is 2.30. The molecule has 0 radical (unpaired) electrons. The molecule has 1 fully saturated rings. The van der Waals surface area contributed by atoms with Crippen LogP contribution in [0, 0.1) is 0 Å². The summed E-state index contributed by atoms with van der Waals surface area (Å²) >= 11 is 5.50. The van der Waals surface area contributed by atoms with Gasteiger partial charge in [-0.05, 0) is 51.2 Å². The highest BCUT2D eigenvalue weighted by atomic mass is 35.5. The average molecular weight is 357 g/mol. The molecule has 0 unspecified atom stereocenters. The van der Waals surface area contributed by atoms with Crippen LogP contribution in [0.1, 0.15) is 18.4 Å². The molecule has 1 aromatic rings. The van der Waals surface area contributed by atoms with Gasteiger partial charge >= 0.3 is 6.18 Å². The molecule has 2 rings (SSSR count). The minimum absolute atomic E-state index is 0.272. The molecular formula is C13H16ClF3N2O2S. The van der Waals surface area contributed by atoms with Gasteiger partial charge < -0.3 is 4.90 Å². The molecule has 0 aliphatic carbocycles. The number of likely N-dealkylation sites (tertiary alicyclic amines) is 1. The lowest BCUT2D eigenvalue weighted by Crippen LogP contribution is -2.43. The van der Waals surface area contributed by atoms with Crippen LogP contribution in [0.2, 0.25) is 5.02 Å². The fraction of sp³-hybridized carbons (Fsp3) is 0.538. The van der Waals surface area contributed by atoms with Crippen LogP contribution in [0.25, 0.3) is 0 Å². The van der Waals surface area contributed by atoms with Crippen molar-refractivity contribution < 1.29 is 21.6 Å². The van der Waals surface area contributed by atoms with Crippen molar-refractivity contribution in [1.82, 2.24) is 9.62 Å². The third-order valence-electron chi connectivity index (χ3n) is 3.59. The van der Waals surface area contributed by atoms with Crippen LogP contribution in [0.15, 0.2) is 23.1 Å². The molecule has 1 aromatic carbocycles. The summed E-state index contributed by atoms with van der Waals surface area (Å²) in [7, 11) is -2.07. The second-order valence-electron chi connectivity index (χ2n) is 5.34. The Labute approximate surface area is 132 Å². The van der Waals surface area contributed by atoms with Gasteiger partial charge in [-0.15, -0.1) is 0 Å². The molecule has 4 nitrogen and oxygen atoms in total. The lowest BCUT2D eigenvalue weighted by atomic mass is 10.1. The summed E-state index contributed by atoms with van der Waals surface area (Å²) in [6.45, 7) is 1.48. The largest absolute Gasteiger partial charge is 0.417 e. The van der Waals surface area contributed by atoms with E-state index in [2.05, 4.69) is 9.62 Å². The molecule has 22 heavy (non-hydrogen) atoms. The second kappa shape index (κ2) is 6.35. The smallest absolute Gasteiger partial charge is 0.306 e. The number of halogens is 4. The summed E-state index contributed by atoms with van der Waals surface area (Å²) in [6.07, 6.45) is -3.46. The van der Waals surface area contributed by atoms with Crippen molar-refractivity contribution in [1.29, 1.82) is 0 Å². The lowest BCUT2D eigenvalue weighted by molar-refractivity contribution is -0.137. The first kappa shape index (κ1) is 17.5. The number of nitrogens with zero attached hydrogens (tertiary/aromatic N) is 1. The van der Waals surface area contributed by atoms with E-state index in [0.717, 1.165) is 25.2 Å². The molecule has 0 spiro atoms. The Bertz CT molecular complexity index is 641. The second-order valence-corrected chi connectivity index (χ2v) is 7.46. The van der Waals surface area contributed by atoms with Crippen LogP contribution in [0.4, 0.5) is 13.2 Å². The van der Waals surface area contributed by atoms with E-state index in [-0.39, 0.29) is 6.04 Å². The van der Waals surface area contributed by atoms with Gasteiger partial charge in [0, 0.05) is 6.04 Å². The van der Waals surface area contributed by atoms with Gasteiger partial charge in [-0.25, -0.2) is 13.1 Å². The molecule has 0 amide bonds. The topological polar surface area (TPSA) is 49.4 Å². The zero-order valence-electron chi connectivity index (χ0n) is 11.8. The van der Waals surface area contributed by atoms with Crippen molar-refractivity contribution in [2.24, 2.45) is 0 Å². The minimum atomic E-state index is -4.70. The third kappa shape index (κ3) is 4.13. The van der Waals surface area contributed by atoms with Gasteiger partial charge in [0.2, 0.25) is 10.0 Å². The van der Waals surface area contributed by atoms with Crippen molar-refractivity contribution in [2.75, 3.05) is 20.1 Å². The average Bonchev–Trinajstić information content (AvgIpc) is 2.40. The van der Waals surface area contributed by atoms with E-state index in [1.807, 2.05) is 7.05 Å². The van der Waals surface area contributed by atoms with Gasteiger partial charge in [-0.2, -0.15) is 13.2 Å². The summed E-state index contributed by atoms with van der Waals surface area (Å²) < 4.78 is 65.4. The normalized spacial score (nSPS) is 18.6. The van der Waals surface area contributed by atoms with Crippen LogP contribution in [-0.2, 0) is 16.2 Å². The molecule has 0 bridgehead atoms. The summed E-state index contributed by atoms with van der Waals surface area (Å²) in [6, 6.07) is 2.33. The monoisotopic (exact) mass is 356 g/mol. The molecule has 1 saturated heterocycles. The highest BCUT2D eigenvalue weighted by Gasteiger charge is 2.35. The molecule has 9 heteroatoms. The Morgan fingerprint density at radius 2 is 1.86 bits per heavy atom. The number of benzene rings is 1. The Morgan fingerprint density at radius 1 is 1.27 bits per heavy atom. The quantitative estimate of drug-likeness (QED) is 0.906. The summed E-state index contributed by atoms with van der Waals surface area (Å²) in [5.41, 5.74) is -1.15. The van der Waals surface area contributed by atoms with Crippen molar-refractivity contribution in [3.63, 3.8) is 0 Å². The van der Waals surface area contributed by atoms with Gasteiger partial charge in [0.05, 0.1) is 15.5 Å². The molecule has 1 aliphatic rings. The van der Waals surface area contributed by atoms with Crippen molar-refractivity contribution in [3.8, 4) is 0 Å². The fourth-order valence-corrected chi connectivity index (χ4v) is 3.86. The van der Waals surface area contributed by atoms with Gasteiger partial charge in [-0.3, -0.25) is 0 Å². The zero-order chi connectivity index (χ0) is 16.5. The van der Waals surface area contributed by atoms with Gasteiger partial charge in [0.15, 0.2) is 0 Å². The highest BCUT2D eigenvalue weighted by Crippen LogP contribution is 2.36. The van der Waals surface area contributed by atoms with E-state index in [1.54, 1.807) is 0 Å². The van der Waals surface area contributed by atoms with Crippen LogP contribution in [0.3, 0.4) is 0 Å². The Kier molecular flexibility index (Phi) is 5.06. The number of hydrogen-bond acceptors (Lipinski definition) is 3. The first-order chi connectivity index (χ1) is 10.1. The van der Waals surface area contributed by atoms with Gasteiger partial charge in [-0.1, -0.05) is 11.6 Å². The predicted molar refractivity (Wildman–Crippen MR) is 77.3 cm³/mol. The zero-order valence-corrected chi connectivity index (χ0v) is 13.4. The molecular weight excluding hydrogens is 341 g/mol. The molecule has 1 N–H and O–H groups in total. The van der Waals surface area contributed by atoms with Crippen molar-refractivity contribution in [3.05, 3.63) is 28.8 Å². The number of sulfonamides is 1. The van der Waals surface area contributed by atoms with E-state index in [9.17, 15) is 21.6 Å². The minimum Gasteiger partial charge on any atom is -0.306 e. The first-order valence-electron chi connectivity index (χ1n) is 6.67. The van der Waals surface area contributed by atoms with Crippen LogP contribution < -0.4 is 4.72 Å². The van der Waals surface area contributed by atoms with Crippen LogP contribution >= 0.6 is 11.6 Å². The van der Waals surface area contributed by atoms with E-state index >= 15 is 0 Å². The third-order valence-corrected chi connectivity index (χ3v) is 5.44. The van der Waals surface area contributed by atoms with E-state index in [0.29, 0.717) is 18.9 Å². The van der Waals surface area contributed by atoms with Crippen LogP contribution in [0.5, 0.6) is 0 Å².